The molecule has 2 aliphatic rings. The lowest BCUT2D eigenvalue weighted by Crippen LogP contribution is -2.30. The van der Waals surface area contributed by atoms with Crippen molar-refractivity contribution in [3.63, 3.8) is 0 Å². The first-order chi connectivity index (χ1) is 22.0. The Morgan fingerprint density at radius 1 is 1.11 bits per heavy atom. The third kappa shape index (κ3) is 12.9. The number of hydrogen-bond donors (Lipinski definition) is 3. The van der Waals surface area contributed by atoms with Gasteiger partial charge in [-0.25, -0.2) is 9.97 Å². The number of aromatic nitrogens is 2. The SMILES string of the molecule is C#COC(C)(C)C.CC.NC(=O)CC1CCNCC1.O=C(O)CCC(=O)OCc1nc(N2CCCC2)c2oc3ccccc3c2n1. The van der Waals surface area contributed by atoms with E-state index < -0.39 is 11.9 Å². The number of carbonyl (C=O) groups is 3. The number of rotatable bonds is 8. The number of anilines is 1. The molecule has 0 spiro atoms. The van der Waals surface area contributed by atoms with Crippen molar-refractivity contribution in [3.05, 3.63) is 30.1 Å². The number of amides is 1. The number of nitrogens with one attached hydrogen (secondary N) is 1. The summed E-state index contributed by atoms with van der Waals surface area (Å²) in [5.41, 5.74) is 6.94. The second kappa shape index (κ2) is 19.2. The van der Waals surface area contributed by atoms with Gasteiger partial charge in [-0.15, -0.1) is 0 Å². The number of esters is 1. The Labute approximate surface area is 271 Å². The number of fused-ring (bicyclic) bond motifs is 3. The van der Waals surface area contributed by atoms with Gasteiger partial charge in [-0.3, -0.25) is 14.4 Å². The lowest BCUT2D eigenvalue weighted by Gasteiger charge is -2.20. The molecule has 1 amide bonds. The van der Waals surface area contributed by atoms with Gasteiger partial charge in [0.25, 0.3) is 0 Å². The van der Waals surface area contributed by atoms with E-state index in [0.717, 1.165) is 62.8 Å². The Morgan fingerprint density at radius 3 is 2.33 bits per heavy atom. The molecule has 0 unspecified atom stereocenters. The maximum absolute atomic E-state index is 11.7. The van der Waals surface area contributed by atoms with Crippen LogP contribution in [-0.2, 0) is 30.5 Å². The van der Waals surface area contributed by atoms with E-state index in [4.69, 9.17) is 31.2 Å². The first-order valence-electron chi connectivity index (χ1n) is 15.9. The molecule has 4 N–H and O–H groups in total. The van der Waals surface area contributed by atoms with Crippen LogP contribution < -0.4 is 16.0 Å². The van der Waals surface area contributed by atoms with E-state index >= 15 is 0 Å². The summed E-state index contributed by atoms with van der Waals surface area (Å²) in [6.07, 6.45) is 11.5. The molecule has 0 aliphatic carbocycles. The van der Waals surface area contributed by atoms with Crippen molar-refractivity contribution >= 4 is 45.7 Å². The highest BCUT2D eigenvalue weighted by atomic mass is 16.5. The number of furan rings is 1. The standard InChI is InChI=1S/C19H19N3O5.C7H14N2O.C6H10O.C2H6/c23-15(24)7-8-16(25)26-11-14-20-17-12-5-1-2-6-13(12)27-18(17)19(21-14)22-9-3-4-10-22;8-7(10)5-6-1-3-9-4-2-6;1-5-7-6(2,3)4;1-2/h1-2,5-6H,3-4,7-11H2,(H,23,24);6,9H,1-5H2,(H2,8,10);1H,2-4H3;1-2H3. The van der Waals surface area contributed by atoms with E-state index in [-0.39, 0.29) is 31.0 Å². The summed E-state index contributed by atoms with van der Waals surface area (Å²) >= 11 is 0. The van der Waals surface area contributed by atoms with Crippen molar-refractivity contribution in [2.75, 3.05) is 31.1 Å². The van der Waals surface area contributed by atoms with Crippen molar-refractivity contribution in [1.29, 1.82) is 0 Å². The first-order valence-corrected chi connectivity index (χ1v) is 15.9. The zero-order valence-electron chi connectivity index (χ0n) is 27.8. The average molecular weight is 640 g/mol. The Bertz CT molecular complexity index is 1450. The van der Waals surface area contributed by atoms with E-state index in [0.29, 0.717) is 35.1 Å². The molecular formula is C34H49N5O7. The summed E-state index contributed by atoms with van der Waals surface area (Å²) in [6, 6.07) is 7.64. The van der Waals surface area contributed by atoms with Gasteiger partial charge in [0.15, 0.2) is 23.8 Å². The van der Waals surface area contributed by atoms with E-state index in [1.807, 2.05) is 58.9 Å². The molecule has 5 rings (SSSR count). The molecule has 2 aromatic heterocycles. The van der Waals surface area contributed by atoms with Crippen molar-refractivity contribution in [2.24, 2.45) is 11.7 Å². The Morgan fingerprint density at radius 2 is 1.76 bits per heavy atom. The monoisotopic (exact) mass is 639 g/mol. The minimum absolute atomic E-state index is 0.102. The third-order valence-electron chi connectivity index (χ3n) is 6.87. The fraction of sp³-hybridized carbons (Fsp3) is 0.559. The van der Waals surface area contributed by atoms with E-state index in [1.54, 1.807) is 0 Å². The van der Waals surface area contributed by atoms with Gasteiger partial charge < -0.3 is 34.9 Å². The predicted molar refractivity (Wildman–Crippen MR) is 178 cm³/mol. The molecule has 1 aromatic carbocycles. The number of benzene rings is 1. The molecule has 46 heavy (non-hydrogen) atoms. The summed E-state index contributed by atoms with van der Waals surface area (Å²) in [4.78, 5) is 44.0. The summed E-state index contributed by atoms with van der Waals surface area (Å²) in [7, 11) is 0. The highest BCUT2D eigenvalue weighted by Crippen LogP contribution is 2.34. The molecule has 0 saturated carbocycles. The largest absolute Gasteiger partial charge is 0.481 e. The van der Waals surface area contributed by atoms with Gasteiger partial charge in [-0.05, 0) is 77.6 Å². The maximum atomic E-state index is 11.7. The molecule has 0 radical (unpaired) electrons. The highest BCUT2D eigenvalue weighted by molar-refractivity contribution is 6.05. The van der Waals surface area contributed by atoms with Crippen LogP contribution in [0.3, 0.4) is 0 Å². The predicted octanol–water partition coefficient (Wildman–Crippen LogP) is 5.16. The molecule has 2 aliphatic heterocycles. The molecule has 2 fully saturated rings. The zero-order chi connectivity index (χ0) is 34.1. The molecule has 252 valence electrons. The van der Waals surface area contributed by atoms with Crippen molar-refractivity contribution in [1.82, 2.24) is 15.3 Å². The number of carbonyl (C=O) groups excluding carboxylic acids is 2. The molecule has 12 heteroatoms. The van der Waals surface area contributed by atoms with Gasteiger partial charge >= 0.3 is 11.9 Å². The molecule has 12 nitrogen and oxygen atoms in total. The van der Waals surface area contributed by atoms with Gasteiger partial charge in [0.1, 0.15) is 22.8 Å². The Balaban J connectivity index is 0.000000319. The Hall–Kier alpha value is -4.37. The minimum Gasteiger partial charge on any atom is -0.481 e. The smallest absolute Gasteiger partial charge is 0.306 e. The fourth-order valence-electron chi connectivity index (χ4n) is 4.80. The Kier molecular flexibility index (Phi) is 15.8. The van der Waals surface area contributed by atoms with Gasteiger partial charge in [0, 0.05) is 24.9 Å². The van der Waals surface area contributed by atoms with Crippen LogP contribution in [-0.4, -0.2) is 64.7 Å². The molecular weight excluding hydrogens is 590 g/mol. The summed E-state index contributed by atoms with van der Waals surface area (Å²) in [5.74, 6) is -0.151. The summed E-state index contributed by atoms with van der Waals surface area (Å²) in [5, 5.41) is 12.8. The van der Waals surface area contributed by atoms with Crippen LogP contribution in [0.5, 0.6) is 0 Å². The summed E-state index contributed by atoms with van der Waals surface area (Å²) in [6.45, 7) is 13.5. The van der Waals surface area contributed by atoms with Crippen LogP contribution in [0.4, 0.5) is 5.82 Å². The second-order valence-electron chi connectivity index (χ2n) is 11.7. The van der Waals surface area contributed by atoms with E-state index in [1.165, 1.54) is 0 Å². The third-order valence-corrected chi connectivity index (χ3v) is 6.87. The van der Waals surface area contributed by atoms with Gasteiger partial charge in [-0.2, -0.15) is 0 Å². The minimum atomic E-state index is -1.04. The second-order valence-corrected chi connectivity index (χ2v) is 11.7. The lowest BCUT2D eigenvalue weighted by molar-refractivity contribution is -0.148. The van der Waals surface area contributed by atoms with Crippen LogP contribution in [0.1, 0.15) is 85.4 Å². The van der Waals surface area contributed by atoms with Crippen molar-refractivity contribution < 1.29 is 33.4 Å². The van der Waals surface area contributed by atoms with Crippen LogP contribution in [0.15, 0.2) is 28.7 Å². The number of carboxylic acids is 1. The van der Waals surface area contributed by atoms with Crippen molar-refractivity contribution in [2.45, 2.75) is 91.8 Å². The molecule has 0 atom stereocenters. The quantitative estimate of drug-likeness (QED) is 0.220. The van der Waals surface area contributed by atoms with Gasteiger partial charge in [0.05, 0.1) is 12.8 Å². The number of nitrogens with zero attached hydrogens (tertiary/aromatic N) is 3. The molecule has 0 bridgehead atoms. The lowest BCUT2D eigenvalue weighted by atomic mass is 9.95. The van der Waals surface area contributed by atoms with Crippen LogP contribution in [0.2, 0.25) is 0 Å². The first kappa shape index (κ1) is 37.8. The number of terminal acetylenes is 1. The highest BCUT2D eigenvalue weighted by Gasteiger charge is 2.23. The number of ether oxygens (including phenoxy) is 2. The van der Waals surface area contributed by atoms with E-state index in [9.17, 15) is 14.4 Å². The van der Waals surface area contributed by atoms with Gasteiger partial charge in [-0.1, -0.05) is 32.4 Å². The molecule has 3 aromatic rings. The number of nitrogens with two attached hydrogens (primary N) is 1. The van der Waals surface area contributed by atoms with Crippen LogP contribution in [0, 0.1) is 18.4 Å². The van der Waals surface area contributed by atoms with Crippen LogP contribution >= 0.6 is 0 Å². The molecule has 2 saturated heterocycles. The number of hydrogen-bond acceptors (Lipinski definition) is 10. The van der Waals surface area contributed by atoms with Crippen LogP contribution in [0.25, 0.3) is 22.1 Å². The fourth-order valence-corrected chi connectivity index (χ4v) is 4.80. The zero-order valence-corrected chi connectivity index (χ0v) is 27.8. The number of carboxylic acid groups (broad SMARTS) is 1. The van der Waals surface area contributed by atoms with Crippen molar-refractivity contribution in [3.8, 4) is 12.5 Å². The number of aliphatic carboxylic acids is 1. The average Bonchev–Trinajstić information content (AvgIpc) is 3.69. The summed E-state index contributed by atoms with van der Waals surface area (Å²) < 4.78 is 15.9. The number of primary amides is 1. The topological polar surface area (TPSA) is 170 Å². The normalized spacial score (nSPS) is 14.5. The number of para-hydroxylation sites is 1. The van der Waals surface area contributed by atoms with E-state index in [2.05, 4.69) is 26.3 Å². The maximum Gasteiger partial charge on any atom is 0.306 e. The van der Waals surface area contributed by atoms with Gasteiger partial charge in [0.2, 0.25) is 5.91 Å². The molecule has 4 heterocycles. The number of piperidine rings is 1.